The van der Waals surface area contributed by atoms with Gasteiger partial charge < -0.3 is 5.32 Å². The molecule has 1 saturated heterocycles. The molecule has 0 spiro atoms. The molecular formula is C9H16F2N2O. The van der Waals surface area contributed by atoms with Crippen LogP contribution in [-0.4, -0.2) is 24.0 Å². The third kappa shape index (κ3) is 1.87. The molecule has 0 radical (unpaired) electrons. The lowest BCUT2D eigenvalue weighted by Crippen LogP contribution is -2.69. The van der Waals surface area contributed by atoms with E-state index in [1.54, 1.807) is 0 Å². The summed E-state index contributed by atoms with van der Waals surface area (Å²) in [4.78, 5) is 11.1. The van der Waals surface area contributed by atoms with Gasteiger partial charge in [-0.05, 0) is 12.3 Å². The van der Waals surface area contributed by atoms with Crippen molar-refractivity contribution in [3.63, 3.8) is 0 Å². The number of hydrogen-bond acceptors (Lipinski definition) is 2. The minimum Gasteiger partial charge on any atom is -0.335 e. The van der Waals surface area contributed by atoms with E-state index in [0.29, 0.717) is 0 Å². The molecule has 82 valence electrons. The molecule has 0 aliphatic carbocycles. The van der Waals surface area contributed by atoms with Crippen LogP contribution in [0.4, 0.5) is 8.78 Å². The van der Waals surface area contributed by atoms with Crippen LogP contribution in [0.2, 0.25) is 0 Å². The molecule has 1 aliphatic heterocycles. The van der Waals surface area contributed by atoms with Crippen molar-refractivity contribution < 1.29 is 13.6 Å². The minimum absolute atomic E-state index is 0.277. The van der Waals surface area contributed by atoms with E-state index in [4.69, 9.17) is 0 Å². The Morgan fingerprint density at radius 1 is 1.36 bits per heavy atom. The monoisotopic (exact) mass is 206 g/mol. The van der Waals surface area contributed by atoms with E-state index in [1.807, 2.05) is 20.8 Å². The highest BCUT2D eigenvalue weighted by Gasteiger charge is 2.51. The van der Waals surface area contributed by atoms with Gasteiger partial charge in [0.05, 0.1) is 12.2 Å². The first-order valence-corrected chi connectivity index (χ1v) is 4.60. The molecule has 1 heterocycles. The summed E-state index contributed by atoms with van der Waals surface area (Å²) in [5.74, 6) is -4.51. The molecule has 14 heavy (non-hydrogen) atoms. The summed E-state index contributed by atoms with van der Waals surface area (Å²) in [5.41, 5.74) is -0.277. The molecule has 2 atom stereocenters. The molecule has 1 aliphatic rings. The maximum absolute atomic E-state index is 13.1. The Kier molecular flexibility index (Phi) is 2.56. The van der Waals surface area contributed by atoms with Crippen LogP contribution < -0.4 is 10.6 Å². The summed E-state index contributed by atoms with van der Waals surface area (Å²) < 4.78 is 26.2. The number of carbonyl (C=O) groups excluding carboxylic acids is 1. The van der Waals surface area contributed by atoms with Crippen LogP contribution in [0.3, 0.4) is 0 Å². The molecule has 1 rings (SSSR count). The van der Waals surface area contributed by atoms with E-state index >= 15 is 0 Å². The van der Waals surface area contributed by atoms with Crippen LogP contribution in [0, 0.1) is 5.41 Å². The van der Waals surface area contributed by atoms with Crippen LogP contribution >= 0.6 is 0 Å². The van der Waals surface area contributed by atoms with Gasteiger partial charge in [-0.3, -0.25) is 10.1 Å². The number of hydrogen-bond donors (Lipinski definition) is 2. The molecule has 3 nitrogen and oxygen atoms in total. The van der Waals surface area contributed by atoms with Gasteiger partial charge in [0.1, 0.15) is 0 Å². The zero-order valence-corrected chi connectivity index (χ0v) is 8.82. The molecule has 0 aromatic carbocycles. The van der Waals surface area contributed by atoms with Crippen molar-refractivity contribution in [3.05, 3.63) is 0 Å². The third-order valence-corrected chi connectivity index (χ3v) is 2.40. The molecule has 0 aromatic heterocycles. The summed E-state index contributed by atoms with van der Waals surface area (Å²) in [7, 11) is 0. The van der Waals surface area contributed by atoms with Crippen LogP contribution in [0.15, 0.2) is 0 Å². The SMILES string of the molecule is CC1NC(C(C)(C)C)NC(=O)C1(F)F. The first kappa shape index (κ1) is 11.4. The molecule has 0 aromatic rings. The Labute approximate surface area is 82.2 Å². The van der Waals surface area contributed by atoms with Gasteiger partial charge in [0.15, 0.2) is 0 Å². The van der Waals surface area contributed by atoms with Crippen molar-refractivity contribution in [1.29, 1.82) is 0 Å². The average Bonchev–Trinajstić information content (AvgIpc) is 1.98. The normalized spacial score (nSPS) is 32.6. The second-order valence-corrected chi connectivity index (χ2v) is 4.78. The van der Waals surface area contributed by atoms with Crippen LogP contribution in [0.25, 0.3) is 0 Å². The van der Waals surface area contributed by atoms with Crippen molar-refractivity contribution in [3.8, 4) is 0 Å². The average molecular weight is 206 g/mol. The molecule has 0 bridgehead atoms. The van der Waals surface area contributed by atoms with Gasteiger partial charge in [-0.2, -0.15) is 8.78 Å². The molecular weight excluding hydrogens is 190 g/mol. The topological polar surface area (TPSA) is 41.1 Å². The first-order valence-electron chi connectivity index (χ1n) is 4.60. The smallest absolute Gasteiger partial charge is 0.335 e. The van der Waals surface area contributed by atoms with Crippen molar-refractivity contribution in [2.24, 2.45) is 5.41 Å². The fourth-order valence-corrected chi connectivity index (χ4v) is 1.29. The Balaban J connectivity index is 2.81. The van der Waals surface area contributed by atoms with E-state index in [9.17, 15) is 13.6 Å². The summed E-state index contributed by atoms with van der Waals surface area (Å²) in [5, 5.41) is 4.97. The van der Waals surface area contributed by atoms with Gasteiger partial charge >= 0.3 is 5.92 Å². The van der Waals surface area contributed by atoms with Gasteiger partial charge in [-0.1, -0.05) is 20.8 Å². The Morgan fingerprint density at radius 2 is 1.86 bits per heavy atom. The molecule has 2 unspecified atom stereocenters. The van der Waals surface area contributed by atoms with Crippen LogP contribution in [0.5, 0.6) is 0 Å². The molecule has 1 amide bonds. The van der Waals surface area contributed by atoms with Gasteiger partial charge in [-0.25, -0.2) is 0 Å². The highest BCUT2D eigenvalue weighted by molar-refractivity contribution is 5.85. The summed E-state index contributed by atoms with van der Waals surface area (Å²) in [6.45, 7) is 6.95. The quantitative estimate of drug-likeness (QED) is 0.623. The fraction of sp³-hybridized carbons (Fsp3) is 0.889. The number of halogens is 2. The maximum atomic E-state index is 13.1. The predicted octanol–water partition coefficient (Wildman–Crippen LogP) is 1.10. The zero-order valence-electron chi connectivity index (χ0n) is 8.82. The van der Waals surface area contributed by atoms with E-state index in [-0.39, 0.29) is 5.41 Å². The largest absolute Gasteiger partial charge is 0.339 e. The fourth-order valence-electron chi connectivity index (χ4n) is 1.29. The lowest BCUT2D eigenvalue weighted by atomic mass is 9.89. The molecule has 0 saturated carbocycles. The summed E-state index contributed by atoms with van der Waals surface area (Å²) >= 11 is 0. The standard InChI is InChI=1S/C9H16F2N2O/c1-5-9(10,11)7(14)13-6(12-5)8(2,3)4/h5-6,12H,1-4H3,(H,13,14). The maximum Gasteiger partial charge on any atom is 0.339 e. The number of amides is 1. The molecule has 1 fully saturated rings. The van der Waals surface area contributed by atoms with Crippen molar-refractivity contribution in [1.82, 2.24) is 10.6 Å². The van der Waals surface area contributed by atoms with Crippen molar-refractivity contribution in [2.45, 2.75) is 45.8 Å². The zero-order chi connectivity index (χ0) is 11.1. The summed E-state index contributed by atoms with van der Waals surface area (Å²) in [6, 6.07) is -1.12. The van der Waals surface area contributed by atoms with Gasteiger partial charge in [0.25, 0.3) is 5.91 Å². The number of alkyl halides is 2. The lowest BCUT2D eigenvalue weighted by Gasteiger charge is -2.41. The van der Waals surface area contributed by atoms with E-state index in [2.05, 4.69) is 10.6 Å². The number of nitrogens with one attached hydrogen (secondary N) is 2. The van der Waals surface area contributed by atoms with Gasteiger partial charge in [0.2, 0.25) is 0 Å². The van der Waals surface area contributed by atoms with E-state index in [1.165, 1.54) is 6.92 Å². The van der Waals surface area contributed by atoms with Crippen LogP contribution in [0.1, 0.15) is 27.7 Å². The van der Waals surface area contributed by atoms with Crippen molar-refractivity contribution in [2.75, 3.05) is 0 Å². The number of carbonyl (C=O) groups is 1. The highest BCUT2D eigenvalue weighted by atomic mass is 19.3. The first-order chi connectivity index (χ1) is 6.15. The summed E-state index contributed by atoms with van der Waals surface area (Å²) in [6.07, 6.45) is -0.412. The lowest BCUT2D eigenvalue weighted by molar-refractivity contribution is -0.158. The third-order valence-electron chi connectivity index (χ3n) is 2.40. The minimum atomic E-state index is -3.32. The Bertz CT molecular complexity index is 248. The second kappa shape index (κ2) is 3.15. The highest BCUT2D eigenvalue weighted by Crippen LogP contribution is 2.27. The van der Waals surface area contributed by atoms with Gasteiger partial charge in [0, 0.05) is 0 Å². The van der Waals surface area contributed by atoms with E-state index in [0.717, 1.165) is 0 Å². The second-order valence-electron chi connectivity index (χ2n) is 4.78. The van der Waals surface area contributed by atoms with E-state index < -0.39 is 24.0 Å². The van der Waals surface area contributed by atoms with Crippen molar-refractivity contribution >= 4 is 5.91 Å². The van der Waals surface area contributed by atoms with Gasteiger partial charge in [-0.15, -0.1) is 0 Å². The van der Waals surface area contributed by atoms with Crippen LogP contribution in [-0.2, 0) is 4.79 Å². The molecule has 2 N–H and O–H groups in total. The number of rotatable bonds is 0. The Hall–Kier alpha value is -0.710. The Morgan fingerprint density at radius 3 is 2.21 bits per heavy atom. The molecule has 5 heteroatoms. The predicted molar refractivity (Wildman–Crippen MR) is 48.9 cm³/mol.